The summed E-state index contributed by atoms with van der Waals surface area (Å²) in [5.41, 5.74) is 3.17. The molecule has 1 fully saturated rings. The number of halogens is 1. The predicted octanol–water partition coefficient (Wildman–Crippen LogP) is 6.15. The number of hydrogen-bond donors (Lipinski definition) is 1. The molecule has 0 atom stereocenters. The van der Waals surface area contributed by atoms with Gasteiger partial charge in [-0.2, -0.15) is 0 Å². The molecule has 2 aliphatic rings. The Morgan fingerprint density at radius 1 is 1.09 bits per heavy atom. The third kappa shape index (κ3) is 6.36. The molecule has 33 heavy (non-hydrogen) atoms. The number of nitrogens with zero attached hydrogens (tertiary/aromatic N) is 1. The van der Waals surface area contributed by atoms with Crippen LogP contribution in [0.25, 0.3) is 0 Å². The maximum absolute atomic E-state index is 14.7. The molecule has 4 rings (SSSR count). The first-order valence-electron chi connectivity index (χ1n) is 12.5. The van der Waals surface area contributed by atoms with Gasteiger partial charge >= 0.3 is 0 Å². The number of aryl methyl sites for hydroxylation is 1. The molecule has 6 heteroatoms. The summed E-state index contributed by atoms with van der Waals surface area (Å²) < 4.78 is 43.1. The highest BCUT2D eigenvalue weighted by Crippen LogP contribution is 2.30. The fourth-order valence-corrected chi connectivity index (χ4v) is 6.44. The van der Waals surface area contributed by atoms with Gasteiger partial charge in [0, 0.05) is 19.6 Å². The third-order valence-electron chi connectivity index (χ3n) is 7.03. The fourth-order valence-electron chi connectivity index (χ4n) is 5.32. The van der Waals surface area contributed by atoms with E-state index >= 15 is 0 Å². The molecule has 2 aromatic rings. The molecule has 0 unspecified atom stereocenters. The summed E-state index contributed by atoms with van der Waals surface area (Å²) in [6.45, 7) is 7.23. The average molecular weight is 473 g/mol. The van der Waals surface area contributed by atoms with Gasteiger partial charge in [-0.15, -0.1) is 0 Å². The molecule has 0 saturated heterocycles. The minimum atomic E-state index is -3.85. The Kier molecular flexibility index (Phi) is 7.75. The van der Waals surface area contributed by atoms with Crippen molar-refractivity contribution >= 4 is 15.7 Å². The van der Waals surface area contributed by atoms with E-state index in [0.717, 1.165) is 55.9 Å². The van der Waals surface area contributed by atoms with Crippen LogP contribution in [0.2, 0.25) is 0 Å². The van der Waals surface area contributed by atoms with Gasteiger partial charge in [0.15, 0.2) is 0 Å². The smallest absolute Gasteiger partial charge is 0.261 e. The van der Waals surface area contributed by atoms with Crippen LogP contribution in [0.15, 0.2) is 41.3 Å². The zero-order valence-corrected chi connectivity index (χ0v) is 20.8. The summed E-state index contributed by atoms with van der Waals surface area (Å²) >= 11 is 0. The van der Waals surface area contributed by atoms with E-state index in [-0.39, 0.29) is 10.6 Å². The average Bonchev–Trinajstić information content (AvgIpc) is 3.28. The van der Waals surface area contributed by atoms with Crippen LogP contribution in [0.5, 0.6) is 0 Å². The number of anilines is 1. The summed E-state index contributed by atoms with van der Waals surface area (Å²) in [4.78, 5) is 2.60. The number of hydrogen-bond acceptors (Lipinski definition) is 3. The Hall–Kier alpha value is -1.92. The van der Waals surface area contributed by atoms with Gasteiger partial charge in [-0.1, -0.05) is 58.1 Å². The van der Waals surface area contributed by atoms with Crippen LogP contribution in [0.4, 0.5) is 10.1 Å². The Morgan fingerprint density at radius 2 is 1.88 bits per heavy atom. The van der Waals surface area contributed by atoms with Gasteiger partial charge in [-0.25, -0.2) is 12.8 Å². The van der Waals surface area contributed by atoms with Crippen molar-refractivity contribution in [3.8, 4) is 0 Å². The van der Waals surface area contributed by atoms with Gasteiger partial charge < -0.3 is 0 Å². The highest BCUT2D eigenvalue weighted by Gasteiger charge is 2.22. The van der Waals surface area contributed by atoms with Crippen molar-refractivity contribution in [1.29, 1.82) is 0 Å². The molecule has 0 bridgehead atoms. The number of nitrogens with one attached hydrogen (secondary N) is 1. The van der Waals surface area contributed by atoms with Crippen molar-refractivity contribution in [3.05, 3.63) is 58.9 Å². The van der Waals surface area contributed by atoms with Gasteiger partial charge in [0.25, 0.3) is 10.0 Å². The highest BCUT2D eigenvalue weighted by molar-refractivity contribution is 7.92. The molecule has 1 aliphatic heterocycles. The van der Waals surface area contributed by atoms with E-state index in [1.807, 2.05) is 12.1 Å². The molecule has 4 nitrogen and oxygen atoms in total. The van der Waals surface area contributed by atoms with Gasteiger partial charge in [0.05, 0.1) is 10.6 Å². The van der Waals surface area contributed by atoms with Gasteiger partial charge in [0.2, 0.25) is 0 Å². The van der Waals surface area contributed by atoms with Gasteiger partial charge in [-0.05, 0) is 72.1 Å². The lowest BCUT2D eigenvalue weighted by atomic mass is 9.98. The Labute approximate surface area is 198 Å². The maximum Gasteiger partial charge on any atom is 0.261 e. The minimum absolute atomic E-state index is 0.00960. The monoisotopic (exact) mass is 472 g/mol. The lowest BCUT2D eigenvalue weighted by molar-refractivity contribution is 0.226. The lowest BCUT2D eigenvalue weighted by Crippen LogP contribution is -2.33. The minimum Gasteiger partial charge on any atom is -0.298 e. The first-order chi connectivity index (χ1) is 15.8. The zero-order chi connectivity index (χ0) is 23.4. The van der Waals surface area contributed by atoms with Crippen LogP contribution in [-0.2, 0) is 29.4 Å². The van der Waals surface area contributed by atoms with Crippen LogP contribution in [0.3, 0.4) is 0 Å². The molecule has 0 radical (unpaired) electrons. The van der Waals surface area contributed by atoms with E-state index in [2.05, 4.69) is 23.5 Å². The molecule has 180 valence electrons. The predicted molar refractivity (Wildman–Crippen MR) is 132 cm³/mol. The second-order valence-electron chi connectivity index (χ2n) is 10.3. The molecule has 1 heterocycles. The third-order valence-corrected chi connectivity index (χ3v) is 8.40. The van der Waals surface area contributed by atoms with Crippen LogP contribution >= 0.6 is 0 Å². The SMILES string of the molecule is CC(C)CN1CCc2cc(S(=O)(=O)Nc3ccc(CCCC4CCCC4)cc3F)ccc2C1. The standard InChI is InChI=1S/C27H37FN2O2S/c1-20(2)18-30-15-14-23-17-25(12-11-24(23)19-30)33(31,32)29-27-13-10-22(16-26(27)28)9-5-8-21-6-3-4-7-21/h10-13,16-17,20-21,29H,3-9,14-15,18-19H2,1-2H3. The Bertz CT molecular complexity index is 1060. The van der Waals surface area contributed by atoms with E-state index in [4.69, 9.17) is 0 Å². The lowest BCUT2D eigenvalue weighted by Gasteiger charge is -2.30. The maximum atomic E-state index is 14.7. The second-order valence-corrected chi connectivity index (χ2v) is 12.0. The molecule has 1 N–H and O–H groups in total. The second kappa shape index (κ2) is 10.6. The summed E-state index contributed by atoms with van der Waals surface area (Å²) in [7, 11) is -3.85. The van der Waals surface area contributed by atoms with Crippen LogP contribution in [0.1, 0.15) is 69.1 Å². The van der Waals surface area contributed by atoms with Crippen molar-refractivity contribution in [1.82, 2.24) is 4.90 Å². The topological polar surface area (TPSA) is 49.4 Å². The quantitative estimate of drug-likeness (QED) is 0.476. The van der Waals surface area contributed by atoms with E-state index in [1.165, 1.54) is 43.7 Å². The number of benzene rings is 2. The number of sulfonamides is 1. The summed E-state index contributed by atoms with van der Waals surface area (Å²) in [5, 5.41) is 0. The van der Waals surface area contributed by atoms with Gasteiger partial charge in [0.1, 0.15) is 5.82 Å². The summed E-state index contributed by atoms with van der Waals surface area (Å²) in [6, 6.07) is 10.2. The molecule has 0 spiro atoms. The van der Waals surface area contributed by atoms with Crippen LogP contribution < -0.4 is 4.72 Å². The van der Waals surface area contributed by atoms with Crippen molar-refractivity contribution in [2.24, 2.45) is 11.8 Å². The summed E-state index contributed by atoms with van der Waals surface area (Å²) in [6.07, 6.45) is 9.25. The van der Waals surface area contributed by atoms with E-state index in [9.17, 15) is 12.8 Å². The Balaban J connectivity index is 1.39. The molecule has 0 amide bonds. The van der Waals surface area contributed by atoms with Crippen molar-refractivity contribution in [3.63, 3.8) is 0 Å². The molecule has 0 aromatic heterocycles. The first kappa shape index (κ1) is 24.2. The molecule has 1 aliphatic carbocycles. The van der Waals surface area contributed by atoms with E-state index < -0.39 is 15.8 Å². The highest BCUT2D eigenvalue weighted by atomic mass is 32.2. The number of fused-ring (bicyclic) bond motifs is 1. The van der Waals surface area contributed by atoms with Crippen LogP contribution in [0, 0.1) is 17.7 Å². The molecular formula is C27H37FN2O2S. The zero-order valence-electron chi connectivity index (χ0n) is 19.9. The van der Waals surface area contributed by atoms with Crippen molar-refractivity contribution in [2.45, 2.75) is 76.7 Å². The van der Waals surface area contributed by atoms with Crippen molar-refractivity contribution in [2.75, 3.05) is 17.8 Å². The molecule has 1 saturated carbocycles. The number of rotatable bonds is 9. The Morgan fingerprint density at radius 3 is 2.61 bits per heavy atom. The fraction of sp³-hybridized carbons (Fsp3) is 0.556. The summed E-state index contributed by atoms with van der Waals surface area (Å²) in [5.74, 6) is 0.916. The molecule has 2 aromatic carbocycles. The first-order valence-corrected chi connectivity index (χ1v) is 13.9. The van der Waals surface area contributed by atoms with Crippen molar-refractivity contribution < 1.29 is 12.8 Å². The largest absolute Gasteiger partial charge is 0.298 e. The van der Waals surface area contributed by atoms with Gasteiger partial charge in [-0.3, -0.25) is 9.62 Å². The van der Waals surface area contributed by atoms with E-state index in [0.29, 0.717) is 5.92 Å². The molecular weight excluding hydrogens is 435 g/mol. The van der Waals surface area contributed by atoms with Crippen LogP contribution in [-0.4, -0.2) is 26.4 Å². The normalized spacial score (nSPS) is 17.5. The van der Waals surface area contributed by atoms with E-state index in [1.54, 1.807) is 18.2 Å².